The van der Waals surface area contributed by atoms with Gasteiger partial charge in [0.2, 0.25) is 0 Å². The van der Waals surface area contributed by atoms with Crippen LogP contribution in [0, 0.1) is 0 Å². The molecule has 1 aromatic heterocycles. The molecule has 0 radical (unpaired) electrons. The Hall–Kier alpha value is -3.81. The van der Waals surface area contributed by atoms with E-state index in [1.807, 2.05) is 74.0 Å². The molecule has 0 aliphatic rings. The summed E-state index contributed by atoms with van der Waals surface area (Å²) in [4.78, 5) is 28.7. The Morgan fingerprint density at radius 3 is 2.23 bits per heavy atom. The molecule has 9 heteroatoms. The number of halogens is 2. The number of rotatable bonds is 7. The molecule has 4 rings (SSSR count). The van der Waals surface area contributed by atoms with E-state index >= 15 is 0 Å². The van der Waals surface area contributed by atoms with Gasteiger partial charge in [-0.05, 0) is 62.2 Å². The lowest BCUT2D eigenvalue weighted by molar-refractivity contribution is 0.0522. The number of nitrogens with one attached hydrogen (secondary N) is 1. The van der Waals surface area contributed by atoms with Crippen LogP contribution in [0.2, 0.25) is 10.0 Å². The predicted octanol–water partition coefficient (Wildman–Crippen LogP) is 7.38. The van der Waals surface area contributed by atoms with E-state index in [0.717, 1.165) is 28.1 Å². The number of hydrogen-bond donors (Lipinski definition) is 1. The summed E-state index contributed by atoms with van der Waals surface area (Å²) < 4.78 is 12.1. The molecule has 0 unspecified atom stereocenters. The van der Waals surface area contributed by atoms with Gasteiger partial charge in [0.1, 0.15) is 11.4 Å². The van der Waals surface area contributed by atoms with Crippen molar-refractivity contribution in [1.82, 2.24) is 14.9 Å². The standard InChI is InChI=1S/C30H29Cl2N3O4/c1-30(2,3)39-29(37)33-16-19-5-9-21(10-6-19)27-34-26(24-14-13-23(31)15-25(24)32)18-35(27)17-20-7-11-22(12-8-20)28(36)38-4/h5-15,18H,16-17H2,1-4H3,(H,33,37). The minimum Gasteiger partial charge on any atom is -0.465 e. The fourth-order valence-electron chi connectivity index (χ4n) is 3.91. The summed E-state index contributed by atoms with van der Waals surface area (Å²) in [6.45, 7) is 6.31. The second kappa shape index (κ2) is 11.9. The Morgan fingerprint density at radius 1 is 0.949 bits per heavy atom. The summed E-state index contributed by atoms with van der Waals surface area (Å²) in [6, 6.07) is 20.3. The van der Waals surface area contributed by atoms with E-state index in [4.69, 9.17) is 37.7 Å². The third-order valence-electron chi connectivity index (χ3n) is 5.76. The molecule has 0 saturated heterocycles. The lowest BCUT2D eigenvalue weighted by Crippen LogP contribution is -2.32. The van der Waals surface area contributed by atoms with E-state index in [1.54, 1.807) is 24.3 Å². The Labute approximate surface area is 237 Å². The molecule has 0 atom stereocenters. The van der Waals surface area contributed by atoms with E-state index in [-0.39, 0.29) is 5.97 Å². The molecule has 0 saturated carbocycles. The van der Waals surface area contributed by atoms with Gasteiger partial charge in [-0.15, -0.1) is 0 Å². The fraction of sp³-hybridized carbons (Fsp3) is 0.233. The van der Waals surface area contributed by atoms with Gasteiger partial charge >= 0.3 is 12.1 Å². The molecule has 7 nitrogen and oxygen atoms in total. The highest BCUT2D eigenvalue weighted by molar-refractivity contribution is 6.36. The van der Waals surface area contributed by atoms with E-state index in [2.05, 4.69) is 5.32 Å². The number of carbonyl (C=O) groups is 2. The van der Waals surface area contributed by atoms with Crippen LogP contribution in [0.4, 0.5) is 4.79 Å². The first-order valence-corrected chi connectivity index (χ1v) is 13.0. The zero-order valence-corrected chi connectivity index (χ0v) is 23.6. The highest BCUT2D eigenvalue weighted by atomic mass is 35.5. The van der Waals surface area contributed by atoms with Gasteiger partial charge < -0.3 is 19.4 Å². The molecule has 0 aliphatic carbocycles. The zero-order chi connectivity index (χ0) is 28.2. The molecule has 0 aliphatic heterocycles. The molecular formula is C30H29Cl2N3O4. The van der Waals surface area contributed by atoms with Crippen molar-refractivity contribution in [3.05, 3.63) is 99.7 Å². The Bertz CT molecular complexity index is 1470. The number of nitrogens with zero attached hydrogens (tertiary/aromatic N) is 2. The van der Waals surface area contributed by atoms with Gasteiger partial charge in [-0.3, -0.25) is 0 Å². The number of benzene rings is 3. The van der Waals surface area contributed by atoms with Crippen molar-refractivity contribution in [3.63, 3.8) is 0 Å². The maximum Gasteiger partial charge on any atom is 0.407 e. The summed E-state index contributed by atoms with van der Waals surface area (Å²) in [5.74, 6) is 0.352. The lowest BCUT2D eigenvalue weighted by atomic mass is 10.1. The number of amides is 1. The highest BCUT2D eigenvalue weighted by Gasteiger charge is 2.17. The smallest absolute Gasteiger partial charge is 0.407 e. The molecule has 0 bridgehead atoms. The van der Waals surface area contributed by atoms with E-state index in [9.17, 15) is 9.59 Å². The maximum atomic E-state index is 12.0. The second-order valence-electron chi connectivity index (χ2n) is 9.94. The number of alkyl carbamates (subject to hydrolysis) is 1. The average Bonchev–Trinajstić information content (AvgIpc) is 3.30. The first-order chi connectivity index (χ1) is 18.5. The van der Waals surface area contributed by atoms with Crippen LogP contribution >= 0.6 is 23.2 Å². The van der Waals surface area contributed by atoms with Gasteiger partial charge in [0, 0.05) is 35.4 Å². The minimum atomic E-state index is -0.560. The van der Waals surface area contributed by atoms with Crippen molar-refractivity contribution < 1.29 is 19.1 Å². The predicted molar refractivity (Wildman–Crippen MR) is 153 cm³/mol. The Kier molecular flexibility index (Phi) is 8.63. The third kappa shape index (κ3) is 7.40. The molecule has 39 heavy (non-hydrogen) atoms. The van der Waals surface area contributed by atoms with Crippen molar-refractivity contribution >= 4 is 35.3 Å². The molecular weight excluding hydrogens is 537 g/mol. The topological polar surface area (TPSA) is 82.5 Å². The zero-order valence-electron chi connectivity index (χ0n) is 22.1. The fourth-order valence-corrected chi connectivity index (χ4v) is 4.42. The van der Waals surface area contributed by atoms with Crippen molar-refractivity contribution in [2.75, 3.05) is 7.11 Å². The molecule has 1 N–H and O–H groups in total. The SMILES string of the molecule is COC(=O)c1ccc(Cn2cc(-c3ccc(Cl)cc3Cl)nc2-c2ccc(CNC(=O)OC(C)(C)C)cc2)cc1. The van der Waals surface area contributed by atoms with Crippen molar-refractivity contribution in [1.29, 1.82) is 0 Å². The highest BCUT2D eigenvalue weighted by Crippen LogP contribution is 2.32. The number of esters is 1. The molecule has 202 valence electrons. The van der Waals surface area contributed by atoms with Crippen LogP contribution in [-0.4, -0.2) is 34.3 Å². The lowest BCUT2D eigenvalue weighted by Gasteiger charge is -2.19. The summed E-state index contributed by atoms with van der Waals surface area (Å²) in [6.07, 6.45) is 1.47. The normalized spacial score (nSPS) is 11.2. The van der Waals surface area contributed by atoms with Gasteiger partial charge in [-0.2, -0.15) is 0 Å². The second-order valence-corrected chi connectivity index (χ2v) is 10.8. The minimum absolute atomic E-state index is 0.335. The van der Waals surface area contributed by atoms with Crippen molar-refractivity contribution in [2.24, 2.45) is 0 Å². The molecule has 0 fully saturated rings. The number of imidazole rings is 1. The Morgan fingerprint density at radius 2 is 1.62 bits per heavy atom. The van der Waals surface area contributed by atoms with Crippen LogP contribution in [0.1, 0.15) is 42.3 Å². The summed E-state index contributed by atoms with van der Waals surface area (Å²) in [5.41, 5.74) is 4.17. The van der Waals surface area contributed by atoms with Gasteiger partial charge in [-0.1, -0.05) is 59.6 Å². The first kappa shape index (κ1) is 28.2. The summed E-state index contributed by atoms with van der Waals surface area (Å²) in [7, 11) is 1.36. The summed E-state index contributed by atoms with van der Waals surface area (Å²) >= 11 is 12.6. The van der Waals surface area contributed by atoms with Gasteiger partial charge in [0.05, 0.1) is 23.4 Å². The van der Waals surface area contributed by atoms with E-state index < -0.39 is 11.7 Å². The average molecular weight is 566 g/mol. The monoisotopic (exact) mass is 565 g/mol. The number of methoxy groups -OCH3 is 1. The number of carbonyl (C=O) groups excluding carboxylic acids is 2. The molecule has 1 heterocycles. The molecule has 4 aromatic rings. The van der Waals surface area contributed by atoms with Crippen LogP contribution in [0.15, 0.2) is 72.9 Å². The molecule has 3 aromatic carbocycles. The molecule has 1 amide bonds. The van der Waals surface area contributed by atoms with Crippen LogP contribution in [0.5, 0.6) is 0 Å². The Balaban J connectivity index is 1.62. The number of aromatic nitrogens is 2. The van der Waals surface area contributed by atoms with E-state index in [0.29, 0.717) is 34.4 Å². The third-order valence-corrected chi connectivity index (χ3v) is 6.31. The van der Waals surface area contributed by atoms with Gasteiger partial charge in [0.15, 0.2) is 0 Å². The summed E-state index contributed by atoms with van der Waals surface area (Å²) in [5, 5.41) is 3.82. The molecule has 0 spiro atoms. The van der Waals surface area contributed by atoms with Crippen LogP contribution in [0.25, 0.3) is 22.6 Å². The van der Waals surface area contributed by atoms with Gasteiger partial charge in [-0.25, -0.2) is 14.6 Å². The van der Waals surface area contributed by atoms with Crippen molar-refractivity contribution in [2.45, 2.75) is 39.5 Å². The number of ether oxygens (including phenoxy) is 2. The maximum absolute atomic E-state index is 12.0. The largest absolute Gasteiger partial charge is 0.465 e. The van der Waals surface area contributed by atoms with Crippen molar-refractivity contribution in [3.8, 4) is 22.6 Å². The first-order valence-electron chi connectivity index (χ1n) is 12.3. The number of hydrogen-bond acceptors (Lipinski definition) is 5. The van der Waals surface area contributed by atoms with Crippen LogP contribution in [-0.2, 0) is 22.6 Å². The van der Waals surface area contributed by atoms with Gasteiger partial charge in [0.25, 0.3) is 0 Å². The van der Waals surface area contributed by atoms with E-state index in [1.165, 1.54) is 7.11 Å². The van der Waals surface area contributed by atoms with Crippen LogP contribution < -0.4 is 5.32 Å². The van der Waals surface area contributed by atoms with Crippen LogP contribution in [0.3, 0.4) is 0 Å². The quantitative estimate of drug-likeness (QED) is 0.236.